The minimum Gasteiger partial charge on any atom is -0.370 e. The summed E-state index contributed by atoms with van der Waals surface area (Å²) in [4.78, 5) is 13.3. The van der Waals surface area contributed by atoms with E-state index in [-0.39, 0.29) is 18.3 Å². The maximum absolute atomic E-state index is 12.7. The van der Waals surface area contributed by atoms with Gasteiger partial charge in [-0.2, -0.15) is 0 Å². The number of ether oxygens (including phenoxy) is 1. The third-order valence-corrected chi connectivity index (χ3v) is 2.48. The largest absolute Gasteiger partial charge is 0.370 e. The van der Waals surface area contributed by atoms with Gasteiger partial charge in [0.1, 0.15) is 11.9 Å². The van der Waals surface area contributed by atoms with Crippen LogP contribution in [0, 0.1) is 5.82 Å². The fourth-order valence-corrected chi connectivity index (χ4v) is 1.49. The summed E-state index contributed by atoms with van der Waals surface area (Å²) >= 11 is 0. The van der Waals surface area contributed by atoms with Crippen molar-refractivity contribution in [2.45, 2.75) is 12.6 Å². The zero-order chi connectivity index (χ0) is 12.8. The van der Waals surface area contributed by atoms with E-state index in [4.69, 9.17) is 10.5 Å². The van der Waals surface area contributed by atoms with Gasteiger partial charge in [0.05, 0.1) is 0 Å². The maximum Gasteiger partial charge on any atom is 0.253 e. The zero-order valence-corrected chi connectivity index (χ0v) is 10.0. The molecule has 4 nitrogen and oxygen atoms in total. The Morgan fingerprint density at radius 1 is 1.47 bits per heavy atom. The summed E-state index contributed by atoms with van der Waals surface area (Å²) in [7, 11) is 3.11. The summed E-state index contributed by atoms with van der Waals surface area (Å²) < 4.78 is 17.7. The number of carbonyl (C=O) groups excluding carboxylic acids is 1. The van der Waals surface area contributed by atoms with Crippen molar-refractivity contribution in [1.29, 1.82) is 0 Å². The number of hydrogen-bond acceptors (Lipinski definition) is 3. The highest BCUT2D eigenvalue weighted by Gasteiger charge is 2.19. The lowest BCUT2D eigenvalue weighted by Crippen LogP contribution is -2.41. The third-order valence-electron chi connectivity index (χ3n) is 2.48. The van der Waals surface area contributed by atoms with Crippen LogP contribution >= 0.6 is 0 Å². The Morgan fingerprint density at radius 3 is 2.53 bits per heavy atom. The van der Waals surface area contributed by atoms with E-state index in [0.29, 0.717) is 6.54 Å². The molecule has 1 atom stereocenters. The number of benzene rings is 1. The Bertz CT molecular complexity index is 363. The fourth-order valence-electron chi connectivity index (χ4n) is 1.49. The molecule has 0 aliphatic rings. The van der Waals surface area contributed by atoms with Gasteiger partial charge in [0.2, 0.25) is 0 Å². The van der Waals surface area contributed by atoms with Crippen molar-refractivity contribution in [1.82, 2.24) is 4.90 Å². The van der Waals surface area contributed by atoms with Gasteiger partial charge < -0.3 is 15.4 Å². The van der Waals surface area contributed by atoms with Gasteiger partial charge in [-0.3, -0.25) is 4.79 Å². The van der Waals surface area contributed by atoms with Crippen LogP contribution in [-0.4, -0.2) is 37.6 Å². The zero-order valence-electron chi connectivity index (χ0n) is 10.0. The molecule has 0 heterocycles. The normalized spacial score (nSPS) is 12.2. The summed E-state index contributed by atoms with van der Waals surface area (Å²) in [6.45, 7) is 0.544. The van der Waals surface area contributed by atoms with Crippen LogP contribution in [0.15, 0.2) is 24.3 Å². The maximum atomic E-state index is 12.7. The number of methoxy groups -OCH3 is 1. The smallest absolute Gasteiger partial charge is 0.253 e. The van der Waals surface area contributed by atoms with Gasteiger partial charge in [-0.25, -0.2) is 4.39 Å². The Labute approximate surface area is 100 Å². The minimum atomic E-state index is -0.625. The Hall–Kier alpha value is -1.46. The molecule has 0 radical (unpaired) electrons. The Kier molecular flexibility index (Phi) is 5.06. The Balaban J connectivity index is 2.62. The van der Waals surface area contributed by atoms with E-state index >= 15 is 0 Å². The standard InChI is InChI=1S/C12H17FN2O2/c1-15(12(16)11(7-14)17-2)8-9-3-5-10(13)6-4-9/h3-6,11H,7-8,14H2,1-2H3. The van der Waals surface area contributed by atoms with Crippen molar-refractivity contribution in [2.24, 2.45) is 5.73 Å². The lowest BCUT2D eigenvalue weighted by Gasteiger charge is -2.22. The van der Waals surface area contributed by atoms with E-state index in [1.165, 1.54) is 24.1 Å². The topological polar surface area (TPSA) is 55.6 Å². The molecule has 0 saturated heterocycles. The van der Waals surface area contributed by atoms with Crippen molar-refractivity contribution in [3.8, 4) is 0 Å². The van der Waals surface area contributed by atoms with Gasteiger partial charge in [-0.1, -0.05) is 12.1 Å². The average Bonchev–Trinajstić information content (AvgIpc) is 2.33. The number of rotatable bonds is 5. The van der Waals surface area contributed by atoms with Crippen LogP contribution in [0.25, 0.3) is 0 Å². The molecule has 0 saturated carbocycles. The van der Waals surface area contributed by atoms with Crippen LogP contribution in [0.3, 0.4) is 0 Å². The molecule has 1 aromatic carbocycles. The first-order valence-electron chi connectivity index (χ1n) is 5.30. The van der Waals surface area contributed by atoms with Gasteiger partial charge in [0, 0.05) is 27.2 Å². The molecule has 0 spiro atoms. The van der Waals surface area contributed by atoms with Crippen molar-refractivity contribution in [3.63, 3.8) is 0 Å². The number of nitrogens with two attached hydrogens (primary N) is 1. The first kappa shape index (κ1) is 13.6. The molecule has 0 bridgehead atoms. The number of nitrogens with zero attached hydrogens (tertiary/aromatic N) is 1. The first-order valence-corrected chi connectivity index (χ1v) is 5.30. The molecule has 0 aromatic heterocycles. The molecule has 94 valence electrons. The summed E-state index contributed by atoms with van der Waals surface area (Å²) in [5.41, 5.74) is 6.27. The summed E-state index contributed by atoms with van der Waals surface area (Å²) in [5, 5.41) is 0. The second-order valence-electron chi connectivity index (χ2n) is 3.78. The van der Waals surface area contributed by atoms with E-state index < -0.39 is 6.10 Å². The summed E-state index contributed by atoms with van der Waals surface area (Å²) in [6, 6.07) is 6.02. The molecule has 1 aromatic rings. The molecular weight excluding hydrogens is 223 g/mol. The number of carbonyl (C=O) groups is 1. The first-order chi connectivity index (χ1) is 8.08. The molecule has 0 fully saturated rings. The van der Waals surface area contributed by atoms with Crippen molar-refractivity contribution < 1.29 is 13.9 Å². The van der Waals surface area contributed by atoms with Crippen LogP contribution in [0.5, 0.6) is 0 Å². The van der Waals surface area contributed by atoms with Crippen LogP contribution in [0.2, 0.25) is 0 Å². The average molecular weight is 240 g/mol. The van der Waals surface area contributed by atoms with Crippen molar-refractivity contribution in [2.75, 3.05) is 20.7 Å². The molecule has 0 aliphatic heterocycles. The van der Waals surface area contributed by atoms with E-state index in [1.54, 1.807) is 19.2 Å². The van der Waals surface area contributed by atoms with Crippen molar-refractivity contribution >= 4 is 5.91 Å². The lowest BCUT2D eigenvalue weighted by atomic mass is 10.2. The lowest BCUT2D eigenvalue weighted by molar-refractivity contribution is -0.140. The van der Waals surface area contributed by atoms with Gasteiger partial charge in [0.15, 0.2) is 0 Å². The molecule has 0 aliphatic carbocycles. The molecule has 2 N–H and O–H groups in total. The van der Waals surface area contributed by atoms with Crippen LogP contribution in [-0.2, 0) is 16.1 Å². The SMILES string of the molecule is COC(CN)C(=O)N(C)Cc1ccc(F)cc1. The van der Waals surface area contributed by atoms with E-state index in [0.717, 1.165) is 5.56 Å². The fraction of sp³-hybridized carbons (Fsp3) is 0.417. The molecule has 1 rings (SSSR count). The van der Waals surface area contributed by atoms with Gasteiger partial charge in [-0.05, 0) is 17.7 Å². The highest BCUT2D eigenvalue weighted by atomic mass is 19.1. The molecule has 1 unspecified atom stereocenters. The Morgan fingerprint density at radius 2 is 2.06 bits per heavy atom. The van der Waals surface area contributed by atoms with Crippen LogP contribution < -0.4 is 5.73 Å². The second kappa shape index (κ2) is 6.32. The highest BCUT2D eigenvalue weighted by molar-refractivity contribution is 5.80. The minimum absolute atomic E-state index is 0.142. The predicted octanol–water partition coefficient (Wildman–Crippen LogP) is 0.758. The van der Waals surface area contributed by atoms with E-state index in [2.05, 4.69) is 0 Å². The third kappa shape index (κ3) is 3.80. The van der Waals surface area contributed by atoms with Crippen molar-refractivity contribution in [3.05, 3.63) is 35.6 Å². The monoisotopic (exact) mass is 240 g/mol. The summed E-state index contributed by atoms with van der Waals surface area (Å²) in [6.07, 6.45) is -0.625. The van der Waals surface area contributed by atoms with Gasteiger partial charge in [-0.15, -0.1) is 0 Å². The van der Waals surface area contributed by atoms with Crippen LogP contribution in [0.4, 0.5) is 4.39 Å². The van der Waals surface area contributed by atoms with E-state index in [9.17, 15) is 9.18 Å². The number of halogens is 1. The van der Waals surface area contributed by atoms with E-state index in [1.807, 2.05) is 0 Å². The van der Waals surface area contributed by atoms with Crippen LogP contribution in [0.1, 0.15) is 5.56 Å². The second-order valence-corrected chi connectivity index (χ2v) is 3.78. The van der Waals surface area contributed by atoms with Gasteiger partial charge in [0.25, 0.3) is 5.91 Å². The molecule has 5 heteroatoms. The summed E-state index contributed by atoms with van der Waals surface area (Å²) in [5.74, 6) is -0.473. The molecule has 17 heavy (non-hydrogen) atoms. The van der Waals surface area contributed by atoms with Gasteiger partial charge >= 0.3 is 0 Å². The number of hydrogen-bond donors (Lipinski definition) is 1. The number of likely N-dealkylation sites (N-methyl/N-ethyl adjacent to an activating group) is 1. The quantitative estimate of drug-likeness (QED) is 0.826. The number of amides is 1. The highest BCUT2D eigenvalue weighted by Crippen LogP contribution is 2.07. The molecule has 1 amide bonds. The predicted molar refractivity (Wildman–Crippen MR) is 62.7 cm³/mol. The molecular formula is C12H17FN2O2.